The Labute approximate surface area is 208 Å². The van der Waals surface area contributed by atoms with Crippen LogP contribution in [0.2, 0.25) is 0 Å². The first-order valence-electron chi connectivity index (χ1n) is 12.3. The average Bonchev–Trinajstić information content (AvgIpc) is 3.26. The topological polar surface area (TPSA) is 43.1 Å². The highest BCUT2D eigenvalue weighted by Gasteiger charge is 2.21. The summed E-state index contributed by atoms with van der Waals surface area (Å²) in [5.74, 6) is 0. The van der Waals surface area contributed by atoms with Crippen LogP contribution in [0.1, 0.15) is 23.1 Å². The molecule has 0 atom stereocenters. The van der Waals surface area contributed by atoms with Crippen LogP contribution in [-0.4, -0.2) is 4.92 Å². The fourth-order valence-electron chi connectivity index (χ4n) is 6.04. The number of hydrogen-bond donors (Lipinski definition) is 0. The van der Waals surface area contributed by atoms with Crippen molar-refractivity contribution in [3.63, 3.8) is 0 Å². The van der Waals surface area contributed by atoms with Crippen molar-refractivity contribution in [2.75, 3.05) is 0 Å². The Bertz CT molecular complexity index is 2010. The molecule has 172 valence electrons. The minimum atomic E-state index is -0.297. The van der Waals surface area contributed by atoms with E-state index in [0.717, 1.165) is 17.6 Å². The van der Waals surface area contributed by atoms with Gasteiger partial charge in [-0.05, 0) is 121 Å². The molecule has 0 heterocycles. The Morgan fingerprint density at radius 1 is 0.750 bits per heavy atom. The molecule has 2 aliphatic carbocycles. The second kappa shape index (κ2) is 7.50. The highest BCUT2D eigenvalue weighted by atomic mass is 16.6. The maximum absolute atomic E-state index is 11.6. The molecule has 0 fully saturated rings. The maximum Gasteiger partial charge on any atom is 0.277 e. The number of nitro groups is 1. The van der Waals surface area contributed by atoms with Crippen LogP contribution < -0.4 is 10.4 Å². The Balaban J connectivity index is 1.53. The molecule has 0 amide bonds. The van der Waals surface area contributed by atoms with E-state index < -0.39 is 0 Å². The first kappa shape index (κ1) is 20.8. The number of fused-ring (bicyclic) bond motifs is 8. The average molecular weight is 466 g/mol. The fraction of sp³-hybridized carbons (Fsp3) is 0.0909. The third kappa shape index (κ3) is 2.86. The number of allylic oxidation sites excluding steroid dienone is 4. The van der Waals surface area contributed by atoms with Gasteiger partial charge in [-0.1, -0.05) is 54.6 Å². The molecule has 0 aromatic heterocycles. The normalized spacial score (nSPS) is 14.4. The van der Waals surface area contributed by atoms with Crippen molar-refractivity contribution in [3.8, 4) is 0 Å². The third-order valence-electron chi connectivity index (χ3n) is 7.94. The van der Waals surface area contributed by atoms with Gasteiger partial charge in [0.25, 0.3) is 5.69 Å². The third-order valence-corrected chi connectivity index (χ3v) is 7.94. The monoisotopic (exact) mass is 465 g/mol. The lowest BCUT2D eigenvalue weighted by Crippen LogP contribution is -2.22. The van der Waals surface area contributed by atoms with Crippen LogP contribution in [0, 0.1) is 24.0 Å². The minimum Gasteiger partial charge on any atom is -0.258 e. The molecule has 0 bridgehead atoms. The predicted molar refractivity (Wildman–Crippen MR) is 149 cm³/mol. The van der Waals surface area contributed by atoms with E-state index in [-0.39, 0.29) is 10.6 Å². The number of benzene rings is 5. The van der Waals surface area contributed by atoms with E-state index in [9.17, 15) is 10.1 Å². The van der Waals surface area contributed by atoms with E-state index in [4.69, 9.17) is 0 Å². The molecular formula is C33H23NO2. The van der Waals surface area contributed by atoms with Crippen molar-refractivity contribution >= 4 is 55.2 Å². The van der Waals surface area contributed by atoms with Gasteiger partial charge >= 0.3 is 0 Å². The second-order valence-electron chi connectivity index (χ2n) is 9.82. The molecule has 5 aromatic rings. The quantitative estimate of drug-likeness (QED) is 0.160. The highest BCUT2D eigenvalue weighted by Crippen LogP contribution is 2.38. The lowest BCUT2D eigenvalue weighted by atomic mass is 9.89. The van der Waals surface area contributed by atoms with Crippen LogP contribution in [0.5, 0.6) is 0 Å². The summed E-state index contributed by atoms with van der Waals surface area (Å²) >= 11 is 0. The van der Waals surface area contributed by atoms with Crippen LogP contribution in [-0.2, 0) is 0 Å². The standard InChI is InChI=1S/C33H23NO2/c1-19-11-13-28-26-8-3-4-9-27(26)30-18-29-23(17-31(30)33(28)20(19)2)16-22-15-21(12-14-24(22)29)25-7-5-6-10-32(25)34(35)36/h3-13,15-18H,14H2,1-2H3. The molecule has 0 aliphatic heterocycles. The minimum absolute atomic E-state index is 0.147. The van der Waals surface area contributed by atoms with Crippen molar-refractivity contribution in [1.82, 2.24) is 0 Å². The van der Waals surface area contributed by atoms with E-state index in [1.807, 2.05) is 12.1 Å². The van der Waals surface area contributed by atoms with E-state index in [0.29, 0.717) is 5.56 Å². The molecule has 3 nitrogen and oxygen atoms in total. The van der Waals surface area contributed by atoms with Gasteiger partial charge in [0.05, 0.1) is 10.5 Å². The molecular weight excluding hydrogens is 442 g/mol. The smallest absolute Gasteiger partial charge is 0.258 e. The molecule has 0 saturated carbocycles. The lowest BCUT2D eigenvalue weighted by molar-refractivity contribution is -0.385. The van der Waals surface area contributed by atoms with Gasteiger partial charge in [-0.2, -0.15) is 0 Å². The van der Waals surface area contributed by atoms with Gasteiger partial charge in [-0.25, -0.2) is 0 Å². The van der Waals surface area contributed by atoms with E-state index in [2.05, 4.69) is 80.6 Å². The SMILES string of the molecule is Cc1ccc2c3ccccc3c3cc4c(cc3c2c1C)=CC1=CC(c2ccccc2[N+](=O)[O-])=CCC=41. The van der Waals surface area contributed by atoms with Crippen molar-refractivity contribution in [1.29, 1.82) is 0 Å². The predicted octanol–water partition coefficient (Wildman–Crippen LogP) is 7.03. The molecule has 0 N–H and O–H groups in total. The summed E-state index contributed by atoms with van der Waals surface area (Å²) in [7, 11) is 0. The summed E-state index contributed by atoms with van der Waals surface area (Å²) in [5.41, 5.74) is 6.80. The van der Waals surface area contributed by atoms with Gasteiger partial charge in [-0.15, -0.1) is 0 Å². The summed E-state index contributed by atoms with van der Waals surface area (Å²) in [6.07, 6.45) is 7.24. The van der Waals surface area contributed by atoms with E-state index in [1.54, 1.807) is 12.1 Å². The highest BCUT2D eigenvalue weighted by molar-refractivity contribution is 6.26. The maximum atomic E-state index is 11.6. The zero-order valence-corrected chi connectivity index (χ0v) is 20.1. The molecule has 5 aromatic carbocycles. The second-order valence-corrected chi connectivity index (χ2v) is 9.82. The Kier molecular flexibility index (Phi) is 4.34. The lowest BCUT2D eigenvalue weighted by Gasteiger charge is -2.15. The van der Waals surface area contributed by atoms with Crippen molar-refractivity contribution in [2.24, 2.45) is 0 Å². The van der Waals surface area contributed by atoms with Crippen LogP contribution in [0.25, 0.3) is 49.5 Å². The molecule has 0 spiro atoms. The van der Waals surface area contributed by atoms with Gasteiger partial charge in [0.15, 0.2) is 0 Å². The van der Waals surface area contributed by atoms with E-state index in [1.165, 1.54) is 59.5 Å². The van der Waals surface area contributed by atoms with Crippen LogP contribution in [0.4, 0.5) is 5.69 Å². The molecule has 0 radical (unpaired) electrons. The van der Waals surface area contributed by atoms with Crippen LogP contribution in [0.15, 0.2) is 90.5 Å². The van der Waals surface area contributed by atoms with Gasteiger partial charge in [0, 0.05) is 6.07 Å². The molecule has 2 aliphatic rings. The molecule has 36 heavy (non-hydrogen) atoms. The number of hydrogen-bond acceptors (Lipinski definition) is 2. The van der Waals surface area contributed by atoms with Gasteiger partial charge in [0.2, 0.25) is 0 Å². The van der Waals surface area contributed by atoms with Gasteiger partial charge in [-0.3, -0.25) is 10.1 Å². The Morgan fingerprint density at radius 2 is 1.50 bits per heavy atom. The summed E-state index contributed by atoms with van der Waals surface area (Å²) in [6, 6.07) is 24.9. The van der Waals surface area contributed by atoms with Crippen LogP contribution >= 0.6 is 0 Å². The summed E-state index contributed by atoms with van der Waals surface area (Å²) < 4.78 is 0. The zero-order valence-electron chi connectivity index (χ0n) is 20.1. The van der Waals surface area contributed by atoms with Crippen LogP contribution in [0.3, 0.4) is 0 Å². The summed E-state index contributed by atoms with van der Waals surface area (Å²) in [6.45, 7) is 4.41. The van der Waals surface area contributed by atoms with E-state index >= 15 is 0 Å². The van der Waals surface area contributed by atoms with Gasteiger partial charge in [0.1, 0.15) is 0 Å². The van der Waals surface area contributed by atoms with Crippen molar-refractivity contribution < 1.29 is 4.92 Å². The molecule has 7 rings (SSSR count). The number of nitrogens with zero attached hydrogens (tertiary/aromatic N) is 1. The molecule has 0 saturated heterocycles. The first-order chi connectivity index (χ1) is 17.5. The largest absolute Gasteiger partial charge is 0.277 e. The summed E-state index contributed by atoms with van der Waals surface area (Å²) in [5, 5.41) is 21.8. The number of rotatable bonds is 2. The van der Waals surface area contributed by atoms with Crippen molar-refractivity contribution in [3.05, 3.63) is 128 Å². The molecule has 0 unspecified atom stereocenters. The van der Waals surface area contributed by atoms with Gasteiger partial charge < -0.3 is 0 Å². The Hall–Kier alpha value is -4.50. The summed E-state index contributed by atoms with van der Waals surface area (Å²) in [4.78, 5) is 11.3. The first-order valence-corrected chi connectivity index (χ1v) is 12.3. The fourth-order valence-corrected chi connectivity index (χ4v) is 6.04. The Morgan fingerprint density at radius 3 is 2.31 bits per heavy atom. The van der Waals surface area contributed by atoms with Crippen molar-refractivity contribution in [2.45, 2.75) is 20.3 Å². The zero-order chi connectivity index (χ0) is 24.6. The number of aryl methyl sites for hydroxylation is 2. The number of para-hydroxylation sites is 1. The molecule has 3 heteroatoms. The number of nitro benzene ring substituents is 1.